The molecule has 1 fully saturated rings. The Hall–Kier alpha value is -2.54. The van der Waals surface area contributed by atoms with Gasteiger partial charge in [0.1, 0.15) is 6.04 Å². The molecule has 0 bridgehead atoms. The molecule has 0 aromatic heterocycles. The molecule has 1 unspecified atom stereocenters. The van der Waals surface area contributed by atoms with Crippen molar-refractivity contribution in [1.82, 2.24) is 10.2 Å². The lowest BCUT2D eigenvalue weighted by Gasteiger charge is -2.27. The Labute approximate surface area is 119 Å². The SMILES string of the molecule is O=C1CCC(N2C(=O)c3cccc(CO)c3C2=O)C(=O)N1. The predicted molar refractivity (Wildman–Crippen MR) is 69.0 cm³/mol. The van der Waals surface area contributed by atoms with Crippen LogP contribution in [-0.2, 0) is 16.2 Å². The summed E-state index contributed by atoms with van der Waals surface area (Å²) in [6.07, 6.45) is 0.196. The number of hydrogen-bond acceptors (Lipinski definition) is 5. The van der Waals surface area contributed by atoms with E-state index in [1.54, 1.807) is 12.1 Å². The van der Waals surface area contributed by atoms with Crippen LogP contribution >= 0.6 is 0 Å². The smallest absolute Gasteiger partial charge is 0.262 e. The van der Waals surface area contributed by atoms with Crippen LogP contribution in [0.25, 0.3) is 0 Å². The van der Waals surface area contributed by atoms with Gasteiger partial charge in [-0.3, -0.25) is 29.4 Å². The van der Waals surface area contributed by atoms with Crippen molar-refractivity contribution in [3.8, 4) is 0 Å². The average molecular weight is 288 g/mol. The average Bonchev–Trinajstić information content (AvgIpc) is 2.72. The van der Waals surface area contributed by atoms with E-state index in [4.69, 9.17) is 0 Å². The van der Waals surface area contributed by atoms with Gasteiger partial charge in [0, 0.05) is 6.42 Å². The molecule has 2 heterocycles. The highest BCUT2D eigenvalue weighted by molar-refractivity contribution is 6.24. The molecule has 2 aliphatic rings. The fraction of sp³-hybridized carbons (Fsp3) is 0.286. The minimum absolute atomic E-state index is 0.0800. The molecule has 3 rings (SSSR count). The lowest BCUT2D eigenvalue weighted by Crippen LogP contribution is -2.54. The number of nitrogens with zero attached hydrogens (tertiary/aromatic N) is 1. The fourth-order valence-electron chi connectivity index (χ4n) is 2.72. The second kappa shape index (κ2) is 4.78. The zero-order valence-electron chi connectivity index (χ0n) is 11.0. The number of nitrogens with one attached hydrogen (secondary N) is 1. The predicted octanol–water partition coefficient (Wildman–Crippen LogP) is -0.420. The molecule has 0 spiro atoms. The van der Waals surface area contributed by atoms with Crippen LogP contribution in [0.5, 0.6) is 0 Å². The van der Waals surface area contributed by atoms with Gasteiger partial charge in [0.05, 0.1) is 17.7 Å². The first-order valence-electron chi connectivity index (χ1n) is 6.49. The molecule has 0 radical (unpaired) electrons. The van der Waals surface area contributed by atoms with Crippen LogP contribution in [0.4, 0.5) is 0 Å². The summed E-state index contributed by atoms with van der Waals surface area (Å²) in [4.78, 5) is 48.7. The summed E-state index contributed by atoms with van der Waals surface area (Å²) in [5.41, 5.74) is 0.659. The van der Waals surface area contributed by atoms with Crippen LogP contribution in [0.15, 0.2) is 18.2 Å². The van der Waals surface area contributed by atoms with Gasteiger partial charge < -0.3 is 5.11 Å². The number of rotatable bonds is 2. The fourth-order valence-corrected chi connectivity index (χ4v) is 2.72. The number of imide groups is 2. The van der Waals surface area contributed by atoms with E-state index >= 15 is 0 Å². The van der Waals surface area contributed by atoms with Gasteiger partial charge in [0.2, 0.25) is 11.8 Å². The number of fused-ring (bicyclic) bond motifs is 1. The Morgan fingerprint density at radius 3 is 2.62 bits per heavy atom. The van der Waals surface area contributed by atoms with E-state index in [0.717, 1.165) is 4.90 Å². The highest BCUT2D eigenvalue weighted by atomic mass is 16.3. The van der Waals surface area contributed by atoms with Crippen molar-refractivity contribution in [2.75, 3.05) is 0 Å². The molecule has 21 heavy (non-hydrogen) atoms. The standard InChI is InChI=1S/C14H12N2O5/c17-6-7-2-1-3-8-11(7)14(21)16(13(8)20)9-4-5-10(18)15-12(9)19/h1-3,9,17H,4-6H2,(H,15,18,19). The largest absolute Gasteiger partial charge is 0.392 e. The second-order valence-electron chi connectivity index (χ2n) is 4.95. The number of amides is 4. The number of carbonyl (C=O) groups is 4. The van der Waals surface area contributed by atoms with Crippen LogP contribution in [0.1, 0.15) is 39.1 Å². The van der Waals surface area contributed by atoms with Crippen LogP contribution in [0.2, 0.25) is 0 Å². The van der Waals surface area contributed by atoms with E-state index in [1.165, 1.54) is 6.07 Å². The molecule has 1 aromatic rings. The molecule has 2 aliphatic heterocycles. The molecule has 2 N–H and O–H groups in total. The third-order valence-electron chi connectivity index (χ3n) is 3.72. The molecule has 1 aromatic carbocycles. The van der Waals surface area contributed by atoms with Gasteiger partial charge in [-0.2, -0.15) is 0 Å². The van der Waals surface area contributed by atoms with Gasteiger partial charge in [-0.25, -0.2) is 0 Å². The summed E-state index contributed by atoms with van der Waals surface area (Å²) in [6.45, 7) is -0.370. The Kier molecular flexibility index (Phi) is 3.06. The summed E-state index contributed by atoms with van der Waals surface area (Å²) in [6, 6.07) is 3.63. The molecule has 7 nitrogen and oxygen atoms in total. The molecule has 0 saturated carbocycles. The Morgan fingerprint density at radius 1 is 1.19 bits per heavy atom. The Balaban J connectivity index is 2.00. The Morgan fingerprint density at radius 2 is 1.95 bits per heavy atom. The number of benzene rings is 1. The van der Waals surface area contributed by atoms with Gasteiger partial charge in [-0.1, -0.05) is 12.1 Å². The zero-order chi connectivity index (χ0) is 15.1. The summed E-state index contributed by atoms with van der Waals surface area (Å²) < 4.78 is 0. The number of aliphatic hydroxyl groups is 1. The van der Waals surface area contributed by atoms with Crippen molar-refractivity contribution < 1.29 is 24.3 Å². The van der Waals surface area contributed by atoms with E-state index in [0.29, 0.717) is 5.56 Å². The first-order chi connectivity index (χ1) is 10.0. The van der Waals surface area contributed by atoms with Gasteiger partial charge in [0.25, 0.3) is 11.8 Å². The first kappa shape index (κ1) is 13.4. The van der Waals surface area contributed by atoms with Crippen molar-refractivity contribution in [1.29, 1.82) is 0 Å². The van der Waals surface area contributed by atoms with Gasteiger partial charge in [-0.15, -0.1) is 0 Å². The van der Waals surface area contributed by atoms with E-state index in [-0.39, 0.29) is 30.6 Å². The van der Waals surface area contributed by atoms with Crippen molar-refractivity contribution >= 4 is 23.6 Å². The summed E-state index contributed by atoms with van der Waals surface area (Å²) >= 11 is 0. The lowest BCUT2D eigenvalue weighted by atomic mass is 10.0. The van der Waals surface area contributed by atoms with Crippen LogP contribution < -0.4 is 5.32 Å². The van der Waals surface area contributed by atoms with E-state index in [9.17, 15) is 24.3 Å². The number of aliphatic hydroxyl groups excluding tert-OH is 1. The van der Waals surface area contributed by atoms with Crippen LogP contribution in [0.3, 0.4) is 0 Å². The molecule has 1 saturated heterocycles. The molecule has 108 valence electrons. The van der Waals surface area contributed by atoms with Crippen molar-refractivity contribution in [2.24, 2.45) is 0 Å². The number of piperidine rings is 1. The maximum atomic E-state index is 12.4. The maximum absolute atomic E-state index is 12.4. The zero-order valence-corrected chi connectivity index (χ0v) is 11.0. The summed E-state index contributed by atoms with van der Waals surface area (Å²) in [5, 5.41) is 11.4. The molecule has 1 atom stereocenters. The highest BCUT2D eigenvalue weighted by Crippen LogP contribution is 2.29. The van der Waals surface area contributed by atoms with Crippen molar-refractivity contribution in [3.05, 3.63) is 34.9 Å². The molecule has 0 aliphatic carbocycles. The van der Waals surface area contributed by atoms with Crippen molar-refractivity contribution in [3.63, 3.8) is 0 Å². The summed E-state index contributed by atoms with van der Waals surface area (Å²) in [7, 11) is 0. The maximum Gasteiger partial charge on any atom is 0.262 e. The first-order valence-corrected chi connectivity index (χ1v) is 6.49. The number of carbonyl (C=O) groups excluding carboxylic acids is 4. The number of hydrogen-bond donors (Lipinski definition) is 2. The third kappa shape index (κ3) is 1.93. The molecule has 7 heteroatoms. The lowest BCUT2D eigenvalue weighted by molar-refractivity contribution is -0.136. The topological polar surface area (TPSA) is 104 Å². The van der Waals surface area contributed by atoms with Gasteiger partial charge in [-0.05, 0) is 18.1 Å². The van der Waals surface area contributed by atoms with E-state index in [1.807, 2.05) is 0 Å². The minimum atomic E-state index is -0.985. The summed E-state index contributed by atoms with van der Waals surface area (Å²) in [5.74, 6) is -2.23. The third-order valence-corrected chi connectivity index (χ3v) is 3.72. The highest BCUT2D eigenvalue weighted by Gasteiger charge is 2.45. The molecule has 4 amide bonds. The van der Waals surface area contributed by atoms with E-state index < -0.39 is 29.7 Å². The van der Waals surface area contributed by atoms with E-state index in [2.05, 4.69) is 5.32 Å². The molecular formula is C14H12N2O5. The normalized spacial score (nSPS) is 21.6. The second-order valence-corrected chi connectivity index (χ2v) is 4.95. The van der Waals surface area contributed by atoms with Gasteiger partial charge in [0.15, 0.2) is 0 Å². The minimum Gasteiger partial charge on any atom is -0.392 e. The van der Waals surface area contributed by atoms with Crippen LogP contribution in [-0.4, -0.2) is 39.7 Å². The van der Waals surface area contributed by atoms with Crippen LogP contribution in [0, 0.1) is 0 Å². The van der Waals surface area contributed by atoms with Crippen molar-refractivity contribution in [2.45, 2.75) is 25.5 Å². The molecular weight excluding hydrogens is 276 g/mol. The van der Waals surface area contributed by atoms with Gasteiger partial charge >= 0.3 is 0 Å². The monoisotopic (exact) mass is 288 g/mol. The quantitative estimate of drug-likeness (QED) is 0.719. The Bertz CT molecular complexity index is 682.